The zero-order valence-electron chi connectivity index (χ0n) is 16.5. The van der Waals surface area contributed by atoms with E-state index in [0.29, 0.717) is 42.8 Å². The summed E-state index contributed by atoms with van der Waals surface area (Å²) in [6.45, 7) is 2.21. The van der Waals surface area contributed by atoms with Gasteiger partial charge in [0.15, 0.2) is 0 Å². The molecule has 2 aromatic rings. The van der Waals surface area contributed by atoms with Crippen LogP contribution in [0.25, 0.3) is 0 Å². The first-order chi connectivity index (χ1) is 14.2. The van der Waals surface area contributed by atoms with Crippen molar-refractivity contribution in [2.75, 3.05) is 37.7 Å². The molecule has 3 rings (SSSR count). The number of aryl methyl sites for hydroxylation is 1. The van der Waals surface area contributed by atoms with Gasteiger partial charge in [-0.25, -0.2) is 4.98 Å². The number of aromatic nitrogens is 2. The largest absolute Gasteiger partial charge is 0.467 e. The molecule has 1 saturated heterocycles. The number of rotatable bonds is 7. The number of hydrogen-bond donors (Lipinski definition) is 1. The van der Waals surface area contributed by atoms with E-state index in [2.05, 4.69) is 9.97 Å². The van der Waals surface area contributed by atoms with Crippen LogP contribution in [-0.2, 0) is 22.5 Å². The number of alkyl halides is 3. The highest BCUT2D eigenvalue weighted by atomic mass is 19.4. The summed E-state index contributed by atoms with van der Waals surface area (Å²) in [5.41, 5.74) is 0.331. The van der Waals surface area contributed by atoms with Crippen molar-refractivity contribution in [1.29, 1.82) is 0 Å². The van der Waals surface area contributed by atoms with Gasteiger partial charge < -0.3 is 19.0 Å². The minimum absolute atomic E-state index is 0.0110. The molecule has 164 valence electrons. The molecule has 0 aromatic carbocycles. The van der Waals surface area contributed by atoms with Crippen LogP contribution < -0.4 is 10.5 Å². The summed E-state index contributed by atoms with van der Waals surface area (Å²) in [6, 6.07) is 3.04. The molecule has 0 atom stereocenters. The molecule has 0 bridgehead atoms. The molecule has 8 nitrogen and oxygen atoms in total. The molecule has 0 saturated carbocycles. The van der Waals surface area contributed by atoms with Crippen LogP contribution in [0.1, 0.15) is 23.4 Å². The Kier molecular flexibility index (Phi) is 6.80. The van der Waals surface area contributed by atoms with Gasteiger partial charge >= 0.3 is 6.18 Å². The third-order valence-electron chi connectivity index (χ3n) is 4.76. The molecule has 30 heavy (non-hydrogen) atoms. The number of carbonyl (C=O) groups is 1. The van der Waals surface area contributed by atoms with Crippen molar-refractivity contribution in [2.24, 2.45) is 0 Å². The van der Waals surface area contributed by atoms with Crippen LogP contribution in [0.5, 0.6) is 0 Å². The van der Waals surface area contributed by atoms with Gasteiger partial charge in [0, 0.05) is 30.8 Å². The highest BCUT2D eigenvalue weighted by Crippen LogP contribution is 2.20. The molecule has 1 amide bonds. The van der Waals surface area contributed by atoms with Crippen LogP contribution in [0.15, 0.2) is 27.6 Å². The Balaban J connectivity index is 1.69. The zero-order valence-corrected chi connectivity index (χ0v) is 16.5. The molecule has 0 aliphatic carbocycles. The summed E-state index contributed by atoms with van der Waals surface area (Å²) in [6.07, 6.45) is -3.48. The SMILES string of the molecule is Cc1nc(N2CCOCC2)[nH]c(=O)c1CCC(=O)N(Cc1ccco1)CC(F)(F)F. The van der Waals surface area contributed by atoms with Crippen LogP contribution in [0, 0.1) is 6.92 Å². The Labute approximate surface area is 170 Å². The van der Waals surface area contributed by atoms with Crippen LogP contribution in [0.4, 0.5) is 19.1 Å². The molecule has 1 aliphatic heterocycles. The second kappa shape index (κ2) is 9.33. The monoisotopic (exact) mass is 428 g/mol. The van der Waals surface area contributed by atoms with Gasteiger partial charge in [-0.1, -0.05) is 0 Å². The highest BCUT2D eigenvalue weighted by molar-refractivity contribution is 5.76. The first kappa shape index (κ1) is 21.9. The molecule has 2 aromatic heterocycles. The van der Waals surface area contributed by atoms with Crippen molar-refractivity contribution in [3.05, 3.63) is 45.8 Å². The van der Waals surface area contributed by atoms with E-state index in [0.717, 1.165) is 0 Å². The van der Waals surface area contributed by atoms with Gasteiger partial charge in [0.25, 0.3) is 5.56 Å². The van der Waals surface area contributed by atoms with Gasteiger partial charge in [0.05, 0.1) is 26.0 Å². The molecule has 0 spiro atoms. The normalized spacial score (nSPS) is 14.7. The Morgan fingerprint density at radius 2 is 2.07 bits per heavy atom. The number of halogens is 3. The Bertz CT molecular complexity index is 905. The lowest BCUT2D eigenvalue weighted by Gasteiger charge is -2.27. The smallest absolute Gasteiger partial charge is 0.406 e. The van der Waals surface area contributed by atoms with Gasteiger partial charge in [-0.3, -0.25) is 14.6 Å². The Morgan fingerprint density at radius 3 is 2.67 bits per heavy atom. The maximum absolute atomic E-state index is 12.9. The fourth-order valence-corrected chi connectivity index (χ4v) is 3.24. The van der Waals surface area contributed by atoms with Crippen molar-refractivity contribution in [1.82, 2.24) is 14.9 Å². The minimum Gasteiger partial charge on any atom is -0.467 e. The third-order valence-corrected chi connectivity index (χ3v) is 4.76. The molecule has 1 fully saturated rings. The zero-order chi connectivity index (χ0) is 21.7. The van der Waals surface area contributed by atoms with E-state index in [1.165, 1.54) is 18.4 Å². The lowest BCUT2D eigenvalue weighted by Crippen LogP contribution is -2.39. The molecule has 0 unspecified atom stereocenters. The van der Waals surface area contributed by atoms with E-state index in [9.17, 15) is 22.8 Å². The summed E-state index contributed by atoms with van der Waals surface area (Å²) >= 11 is 0. The molecule has 11 heteroatoms. The van der Waals surface area contributed by atoms with Crippen LogP contribution >= 0.6 is 0 Å². The van der Waals surface area contributed by atoms with E-state index in [-0.39, 0.29) is 30.7 Å². The van der Waals surface area contributed by atoms with Gasteiger partial charge in [-0.2, -0.15) is 13.2 Å². The molecule has 1 N–H and O–H groups in total. The quantitative estimate of drug-likeness (QED) is 0.726. The van der Waals surface area contributed by atoms with Crippen LogP contribution in [0.2, 0.25) is 0 Å². The summed E-state index contributed by atoms with van der Waals surface area (Å²) in [5, 5.41) is 0. The van der Waals surface area contributed by atoms with Crippen molar-refractivity contribution in [2.45, 2.75) is 32.5 Å². The van der Waals surface area contributed by atoms with Gasteiger partial charge in [-0.15, -0.1) is 0 Å². The lowest BCUT2D eigenvalue weighted by atomic mass is 10.1. The van der Waals surface area contributed by atoms with E-state index in [4.69, 9.17) is 9.15 Å². The highest BCUT2D eigenvalue weighted by Gasteiger charge is 2.33. The number of ether oxygens (including phenoxy) is 1. The summed E-state index contributed by atoms with van der Waals surface area (Å²) < 4.78 is 49.0. The second-order valence-corrected chi connectivity index (χ2v) is 7.00. The number of aromatic amines is 1. The Hall–Kier alpha value is -2.82. The summed E-state index contributed by atoms with van der Waals surface area (Å²) in [4.78, 5) is 34.6. The predicted octanol–water partition coefficient (Wildman–Crippen LogP) is 2.03. The fraction of sp³-hybridized carbons (Fsp3) is 0.526. The number of hydrogen-bond acceptors (Lipinski definition) is 6. The maximum Gasteiger partial charge on any atom is 0.406 e. The summed E-state index contributed by atoms with van der Waals surface area (Å²) in [5.74, 6) is -0.0506. The summed E-state index contributed by atoms with van der Waals surface area (Å²) in [7, 11) is 0. The average molecular weight is 428 g/mol. The first-order valence-electron chi connectivity index (χ1n) is 9.52. The van der Waals surface area contributed by atoms with E-state index in [1.54, 1.807) is 6.92 Å². The number of morpholine rings is 1. The van der Waals surface area contributed by atoms with Crippen LogP contribution in [0.3, 0.4) is 0 Å². The third kappa shape index (κ3) is 5.85. The predicted molar refractivity (Wildman–Crippen MR) is 101 cm³/mol. The lowest BCUT2D eigenvalue weighted by molar-refractivity contribution is -0.162. The van der Waals surface area contributed by atoms with E-state index in [1.807, 2.05) is 4.90 Å². The Morgan fingerprint density at radius 1 is 1.33 bits per heavy atom. The molecule has 0 radical (unpaired) electrons. The van der Waals surface area contributed by atoms with Crippen LogP contribution in [-0.4, -0.2) is 59.8 Å². The standard InChI is InChI=1S/C19H23F3N4O4/c1-13-15(17(28)24-18(23-13)25-6-9-29-10-7-25)4-5-16(27)26(12-19(20,21)22)11-14-3-2-8-30-14/h2-3,8H,4-7,9-12H2,1H3,(H,23,24,28). The van der Waals surface area contributed by atoms with Gasteiger partial charge in [0.2, 0.25) is 11.9 Å². The maximum atomic E-state index is 12.9. The minimum atomic E-state index is -4.54. The van der Waals surface area contributed by atoms with Crippen molar-refractivity contribution in [3.63, 3.8) is 0 Å². The molecule has 3 heterocycles. The molecule has 1 aliphatic rings. The van der Waals surface area contributed by atoms with E-state index < -0.39 is 24.2 Å². The number of nitrogens with one attached hydrogen (secondary N) is 1. The van der Waals surface area contributed by atoms with Gasteiger partial charge in [0.1, 0.15) is 12.3 Å². The first-order valence-corrected chi connectivity index (χ1v) is 9.52. The topological polar surface area (TPSA) is 91.7 Å². The number of anilines is 1. The second-order valence-electron chi connectivity index (χ2n) is 7.00. The van der Waals surface area contributed by atoms with Crippen molar-refractivity contribution in [3.8, 4) is 0 Å². The van der Waals surface area contributed by atoms with Gasteiger partial charge in [-0.05, 0) is 25.5 Å². The number of H-pyrrole nitrogens is 1. The number of furan rings is 1. The fourth-order valence-electron chi connectivity index (χ4n) is 3.24. The average Bonchev–Trinajstić information content (AvgIpc) is 3.19. The van der Waals surface area contributed by atoms with E-state index >= 15 is 0 Å². The van der Waals surface area contributed by atoms with Crippen molar-refractivity contribution < 1.29 is 27.1 Å². The molecular weight excluding hydrogens is 405 g/mol. The molecular formula is C19H23F3N4O4. The van der Waals surface area contributed by atoms with Crippen molar-refractivity contribution >= 4 is 11.9 Å². The number of nitrogens with zero attached hydrogens (tertiary/aromatic N) is 3. The number of carbonyl (C=O) groups excluding carboxylic acids is 1. The number of amides is 1.